The normalized spacial score (nSPS) is 21.1. The van der Waals surface area contributed by atoms with E-state index in [1.54, 1.807) is 0 Å². The van der Waals surface area contributed by atoms with E-state index >= 15 is 0 Å². The topological polar surface area (TPSA) is 52.6 Å². The number of rotatable bonds is 6. The molecule has 2 aromatic rings. The lowest BCUT2D eigenvalue weighted by atomic mass is 9.91. The molecule has 0 saturated carbocycles. The highest BCUT2D eigenvalue weighted by molar-refractivity contribution is 5.92. The van der Waals surface area contributed by atoms with E-state index in [1.807, 2.05) is 12.1 Å². The number of nitrogens with one attached hydrogen (secondary N) is 1. The summed E-state index contributed by atoms with van der Waals surface area (Å²) < 4.78 is 0. The monoisotopic (exact) mass is 392 g/mol. The van der Waals surface area contributed by atoms with Gasteiger partial charge in [-0.1, -0.05) is 42.5 Å². The zero-order valence-corrected chi connectivity index (χ0v) is 17.1. The SMILES string of the molecule is O=C1CCCc2cc(C(O)CCN3CCC[C@H](Cc4ccccc4)C3)ccc2N1. The molecule has 1 saturated heterocycles. The van der Waals surface area contributed by atoms with Crippen LogP contribution in [-0.2, 0) is 17.6 Å². The van der Waals surface area contributed by atoms with Gasteiger partial charge in [-0.2, -0.15) is 0 Å². The van der Waals surface area contributed by atoms with E-state index in [0.29, 0.717) is 12.3 Å². The molecule has 4 rings (SSSR count). The van der Waals surface area contributed by atoms with E-state index in [0.717, 1.165) is 62.1 Å². The molecule has 4 nitrogen and oxygen atoms in total. The Labute approximate surface area is 173 Å². The molecule has 0 radical (unpaired) electrons. The summed E-state index contributed by atoms with van der Waals surface area (Å²) in [5.41, 5.74) is 4.45. The molecule has 0 spiro atoms. The summed E-state index contributed by atoms with van der Waals surface area (Å²) in [5, 5.41) is 13.7. The summed E-state index contributed by atoms with van der Waals surface area (Å²) in [7, 11) is 0. The number of piperidine rings is 1. The van der Waals surface area contributed by atoms with Gasteiger partial charge < -0.3 is 15.3 Å². The molecule has 1 amide bonds. The number of nitrogens with zero attached hydrogens (tertiary/aromatic N) is 1. The third kappa shape index (κ3) is 5.46. The van der Waals surface area contributed by atoms with Crippen LogP contribution in [0.2, 0.25) is 0 Å². The van der Waals surface area contributed by atoms with Crippen molar-refractivity contribution >= 4 is 11.6 Å². The zero-order valence-electron chi connectivity index (χ0n) is 17.1. The number of carbonyl (C=O) groups excluding carboxylic acids is 1. The van der Waals surface area contributed by atoms with Crippen molar-refractivity contribution in [3.8, 4) is 0 Å². The van der Waals surface area contributed by atoms with Crippen LogP contribution in [0.5, 0.6) is 0 Å². The molecular weight excluding hydrogens is 360 g/mol. The molecule has 1 unspecified atom stereocenters. The van der Waals surface area contributed by atoms with Crippen LogP contribution in [0.1, 0.15) is 54.9 Å². The molecule has 1 fully saturated rings. The Bertz CT molecular complexity index is 821. The van der Waals surface area contributed by atoms with E-state index in [2.05, 4.69) is 46.6 Å². The van der Waals surface area contributed by atoms with Crippen LogP contribution < -0.4 is 5.32 Å². The number of aliphatic hydroxyl groups is 1. The third-order valence-electron chi connectivity index (χ3n) is 6.33. The van der Waals surface area contributed by atoms with Crippen LogP contribution in [0.15, 0.2) is 48.5 Å². The second-order valence-corrected chi connectivity index (χ2v) is 8.62. The smallest absolute Gasteiger partial charge is 0.224 e. The average Bonchev–Trinajstić information content (AvgIpc) is 2.93. The molecule has 2 heterocycles. The first-order chi connectivity index (χ1) is 14.2. The van der Waals surface area contributed by atoms with E-state index in [4.69, 9.17) is 0 Å². The number of hydrogen-bond acceptors (Lipinski definition) is 3. The summed E-state index contributed by atoms with van der Waals surface area (Å²) in [6.45, 7) is 3.19. The first-order valence-electron chi connectivity index (χ1n) is 11.0. The van der Waals surface area contributed by atoms with Crippen molar-refractivity contribution in [1.29, 1.82) is 0 Å². The second kappa shape index (κ2) is 9.55. The minimum atomic E-state index is -0.450. The van der Waals surface area contributed by atoms with Crippen LogP contribution in [-0.4, -0.2) is 35.5 Å². The van der Waals surface area contributed by atoms with Gasteiger partial charge in [-0.05, 0) is 73.7 Å². The number of aliphatic hydroxyl groups excluding tert-OH is 1. The minimum Gasteiger partial charge on any atom is -0.388 e. The largest absolute Gasteiger partial charge is 0.388 e. The van der Waals surface area contributed by atoms with Crippen LogP contribution in [0.3, 0.4) is 0 Å². The lowest BCUT2D eigenvalue weighted by molar-refractivity contribution is -0.116. The molecule has 2 N–H and O–H groups in total. The lowest BCUT2D eigenvalue weighted by Gasteiger charge is -2.33. The molecule has 2 aliphatic rings. The van der Waals surface area contributed by atoms with E-state index in [1.165, 1.54) is 18.4 Å². The molecule has 0 bridgehead atoms. The molecule has 2 aliphatic heterocycles. The number of amides is 1. The van der Waals surface area contributed by atoms with Gasteiger partial charge in [0.1, 0.15) is 0 Å². The van der Waals surface area contributed by atoms with Gasteiger partial charge in [-0.25, -0.2) is 0 Å². The Morgan fingerprint density at radius 1 is 1.10 bits per heavy atom. The molecule has 2 aromatic carbocycles. The third-order valence-corrected chi connectivity index (χ3v) is 6.33. The predicted molar refractivity (Wildman–Crippen MR) is 117 cm³/mol. The van der Waals surface area contributed by atoms with Crippen LogP contribution in [0.25, 0.3) is 0 Å². The van der Waals surface area contributed by atoms with Gasteiger partial charge in [0.2, 0.25) is 5.91 Å². The molecule has 2 atom stereocenters. The number of anilines is 1. The molecule has 29 heavy (non-hydrogen) atoms. The van der Waals surface area contributed by atoms with Crippen molar-refractivity contribution in [3.63, 3.8) is 0 Å². The van der Waals surface area contributed by atoms with Gasteiger partial charge in [0.25, 0.3) is 0 Å². The molecule has 0 aliphatic carbocycles. The van der Waals surface area contributed by atoms with Crippen molar-refractivity contribution in [2.45, 2.75) is 51.0 Å². The maximum absolute atomic E-state index is 11.7. The highest BCUT2D eigenvalue weighted by Crippen LogP contribution is 2.28. The van der Waals surface area contributed by atoms with Gasteiger partial charge in [-0.15, -0.1) is 0 Å². The number of carbonyl (C=O) groups is 1. The minimum absolute atomic E-state index is 0.0900. The van der Waals surface area contributed by atoms with Crippen molar-refractivity contribution in [3.05, 3.63) is 65.2 Å². The van der Waals surface area contributed by atoms with Gasteiger partial charge in [0.15, 0.2) is 0 Å². The lowest BCUT2D eigenvalue weighted by Crippen LogP contribution is -2.37. The summed E-state index contributed by atoms with van der Waals surface area (Å²) in [6, 6.07) is 16.8. The standard InChI is InChI=1S/C25H32N2O2/c28-24(22-11-12-23-21(17-22)9-4-10-25(29)26-23)13-15-27-14-5-8-20(18-27)16-19-6-2-1-3-7-19/h1-3,6-7,11-12,17,20,24,28H,4-5,8-10,13-16,18H2,(H,26,29)/t20-,24?/m1/s1. The number of likely N-dealkylation sites (tertiary alicyclic amines) is 1. The molecule has 0 aromatic heterocycles. The Hall–Kier alpha value is -2.17. The van der Waals surface area contributed by atoms with Crippen LogP contribution in [0, 0.1) is 5.92 Å². The van der Waals surface area contributed by atoms with Crippen molar-refractivity contribution in [1.82, 2.24) is 4.90 Å². The number of hydrogen-bond donors (Lipinski definition) is 2. The van der Waals surface area contributed by atoms with Crippen molar-refractivity contribution in [2.24, 2.45) is 5.92 Å². The average molecular weight is 393 g/mol. The fourth-order valence-electron chi connectivity index (χ4n) is 4.74. The highest BCUT2D eigenvalue weighted by Gasteiger charge is 2.21. The predicted octanol–water partition coefficient (Wildman–Crippen LogP) is 4.34. The number of benzene rings is 2. The Kier molecular flexibility index (Phi) is 6.63. The van der Waals surface area contributed by atoms with Crippen LogP contribution in [0.4, 0.5) is 5.69 Å². The summed E-state index contributed by atoms with van der Waals surface area (Å²) in [6.07, 6.45) is 6.33. The molecule has 4 heteroatoms. The zero-order chi connectivity index (χ0) is 20.1. The van der Waals surface area contributed by atoms with Gasteiger partial charge in [0, 0.05) is 25.2 Å². The molecule has 154 valence electrons. The van der Waals surface area contributed by atoms with Gasteiger partial charge >= 0.3 is 0 Å². The Morgan fingerprint density at radius 2 is 1.97 bits per heavy atom. The van der Waals surface area contributed by atoms with Crippen LogP contribution >= 0.6 is 0 Å². The quantitative estimate of drug-likeness (QED) is 0.769. The van der Waals surface area contributed by atoms with E-state index < -0.39 is 6.10 Å². The molecular formula is C25H32N2O2. The summed E-state index contributed by atoms with van der Waals surface area (Å²) >= 11 is 0. The van der Waals surface area contributed by atoms with Crippen molar-refractivity contribution in [2.75, 3.05) is 25.0 Å². The van der Waals surface area contributed by atoms with E-state index in [9.17, 15) is 9.90 Å². The Morgan fingerprint density at radius 3 is 2.83 bits per heavy atom. The van der Waals surface area contributed by atoms with Crippen molar-refractivity contribution < 1.29 is 9.90 Å². The fourth-order valence-corrected chi connectivity index (χ4v) is 4.74. The highest BCUT2D eigenvalue weighted by atomic mass is 16.3. The Balaban J connectivity index is 1.30. The maximum Gasteiger partial charge on any atom is 0.224 e. The number of fused-ring (bicyclic) bond motifs is 1. The summed E-state index contributed by atoms with van der Waals surface area (Å²) in [5.74, 6) is 0.798. The fraction of sp³-hybridized carbons (Fsp3) is 0.480. The first kappa shape index (κ1) is 20.1. The first-order valence-corrected chi connectivity index (χ1v) is 11.0. The number of aryl methyl sites for hydroxylation is 1. The van der Waals surface area contributed by atoms with E-state index in [-0.39, 0.29) is 5.91 Å². The van der Waals surface area contributed by atoms with Gasteiger partial charge in [-0.3, -0.25) is 4.79 Å². The van der Waals surface area contributed by atoms with Gasteiger partial charge in [0.05, 0.1) is 6.10 Å². The summed E-state index contributed by atoms with van der Waals surface area (Å²) in [4.78, 5) is 14.2. The second-order valence-electron chi connectivity index (χ2n) is 8.62. The maximum atomic E-state index is 11.7.